The van der Waals surface area contributed by atoms with Crippen molar-refractivity contribution in [1.82, 2.24) is 15.2 Å². The molecule has 2 unspecified atom stereocenters. The molecule has 0 aliphatic carbocycles. The minimum absolute atomic E-state index is 0.0393. The maximum atomic E-state index is 12.3. The van der Waals surface area contributed by atoms with Crippen molar-refractivity contribution in [1.29, 1.82) is 0 Å². The molecule has 0 saturated carbocycles. The number of nitrogens with zero attached hydrogens (tertiary/aromatic N) is 2. The average molecular weight is 303 g/mol. The molecule has 1 aliphatic rings. The smallest absolute Gasteiger partial charge is 0.269 e. The lowest BCUT2D eigenvalue weighted by molar-refractivity contribution is 0.0444. The van der Waals surface area contributed by atoms with Crippen LogP contribution in [0.25, 0.3) is 0 Å². The van der Waals surface area contributed by atoms with Gasteiger partial charge in [0, 0.05) is 30.9 Å². The summed E-state index contributed by atoms with van der Waals surface area (Å²) in [6.07, 6.45) is 1.30. The Morgan fingerprint density at radius 2 is 1.95 bits per heavy atom. The second-order valence-electron chi connectivity index (χ2n) is 7.51. The van der Waals surface area contributed by atoms with Crippen LogP contribution in [0.5, 0.6) is 0 Å². The topological polar surface area (TPSA) is 45.2 Å². The molecule has 0 aromatic carbocycles. The molecular formula is C18H29N3O. The number of aryl methyl sites for hydroxylation is 1. The van der Waals surface area contributed by atoms with Gasteiger partial charge in [0.05, 0.1) is 0 Å². The van der Waals surface area contributed by atoms with Crippen molar-refractivity contribution < 1.29 is 4.79 Å². The molecule has 1 N–H and O–H groups in total. The summed E-state index contributed by atoms with van der Waals surface area (Å²) >= 11 is 0. The van der Waals surface area contributed by atoms with E-state index in [1.165, 1.54) is 6.42 Å². The summed E-state index contributed by atoms with van der Waals surface area (Å²) in [5.41, 5.74) is 1.32. The number of rotatable bonds is 4. The van der Waals surface area contributed by atoms with E-state index >= 15 is 0 Å². The lowest BCUT2D eigenvalue weighted by Gasteiger charge is -2.45. The average Bonchev–Trinajstić information content (AvgIpc) is 2.44. The van der Waals surface area contributed by atoms with Gasteiger partial charge < -0.3 is 5.32 Å². The second-order valence-corrected chi connectivity index (χ2v) is 7.51. The van der Waals surface area contributed by atoms with Gasteiger partial charge in [-0.05, 0) is 51.2 Å². The molecular weight excluding hydrogens is 274 g/mol. The van der Waals surface area contributed by atoms with Gasteiger partial charge >= 0.3 is 0 Å². The SMILES string of the molecule is Cc1cccc(C(=O)NCC(C)(C)N2CC(C)CC(C)C2)n1. The van der Waals surface area contributed by atoms with Gasteiger partial charge in [-0.2, -0.15) is 0 Å². The van der Waals surface area contributed by atoms with Gasteiger partial charge in [0.15, 0.2) is 0 Å². The van der Waals surface area contributed by atoms with Crippen molar-refractivity contribution in [3.8, 4) is 0 Å². The fraction of sp³-hybridized carbons (Fsp3) is 0.667. The number of pyridine rings is 1. The molecule has 1 aromatic heterocycles. The summed E-state index contributed by atoms with van der Waals surface area (Å²) < 4.78 is 0. The van der Waals surface area contributed by atoms with Crippen LogP contribution in [0.2, 0.25) is 0 Å². The van der Waals surface area contributed by atoms with Gasteiger partial charge in [-0.15, -0.1) is 0 Å². The van der Waals surface area contributed by atoms with Crippen LogP contribution < -0.4 is 5.32 Å². The highest BCUT2D eigenvalue weighted by atomic mass is 16.1. The summed E-state index contributed by atoms with van der Waals surface area (Å²) in [6.45, 7) is 13.8. The Morgan fingerprint density at radius 1 is 1.32 bits per heavy atom. The van der Waals surface area contributed by atoms with E-state index in [4.69, 9.17) is 0 Å². The van der Waals surface area contributed by atoms with Crippen LogP contribution in [0.4, 0.5) is 0 Å². The minimum Gasteiger partial charge on any atom is -0.349 e. The number of amides is 1. The number of likely N-dealkylation sites (tertiary alicyclic amines) is 1. The first-order valence-electron chi connectivity index (χ1n) is 8.25. The molecule has 0 bridgehead atoms. The predicted octanol–water partition coefficient (Wildman–Crippen LogP) is 2.88. The van der Waals surface area contributed by atoms with Crippen molar-refractivity contribution in [2.75, 3.05) is 19.6 Å². The van der Waals surface area contributed by atoms with Gasteiger partial charge in [0.1, 0.15) is 5.69 Å². The monoisotopic (exact) mass is 303 g/mol. The second kappa shape index (κ2) is 6.78. The lowest BCUT2D eigenvalue weighted by Crippen LogP contribution is -2.56. The Kier molecular flexibility index (Phi) is 5.22. The molecule has 0 spiro atoms. The fourth-order valence-corrected chi connectivity index (χ4v) is 3.33. The van der Waals surface area contributed by atoms with E-state index in [0.717, 1.165) is 30.6 Å². The van der Waals surface area contributed by atoms with Gasteiger partial charge in [-0.25, -0.2) is 4.98 Å². The Morgan fingerprint density at radius 3 is 2.55 bits per heavy atom. The Bertz CT molecular complexity index is 517. The number of aromatic nitrogens is 1. The van der Waals surface area contributed by atoms with E-state index in [0.29, 0.717) is 12.2 Å². The van der Waals surface area contributed by atoms with Crippen molar-refractivity contribution >= 4 is 5.91 Å². The molecule has 0 radical (unpaired) electrons. The maximum Gasteiger partial charge on any atom is 0.269 e. The molecule has 2 heterocycles. The van der Waals surface area contributed by atoms with Gasteiger partial charge in [0.2, 0.25) is 0 Å². The highest BCUT2D eigenvalue weighted by molar-refractivity contribution is 5.92. The molecule has 122 valence electrons. The number of piperidine rings is 1. The first kappa shape index (κ1) is 16.9. The van der Waals surface area contributed by atoms with Crippen LogP contribution in [0, 0.1) is 18.8 Å². The zero-order valence-corrected chi connectivity index (χ0v) is 14.5. The highest BCUT2D eigenvalue weighted by Gasteiger charge is 2.33. The number of carbonyl (C=O) groups excluding carboxylic acids is 1. The maximum absolute atomic E-state index is 12.3. The Labute approximate surface area is 134 Å². The Balaban J connectivity index is 1.95. The van der Waals surface area contributed by atoms with Crippen molar-refractivity contribution in [2.24, 2.45) is 11.8 Å². The van der Waals surface area contributed by atoms with Gasteiger partial charge in [0.25, 0.3) is 5.91 Å². The third kappa shape index (κ3) is 4.29. The summed E-state index contributed by atoms with van der Waals surface area (Å²) in [5.74, 6) is 1.35. The van der Waals surface area contributed by atoms with E-state index in [2.05, 4.69) is 42.9 Å². The first-order valence-corrected chi connectivity index (χ1v) is 8.25. The molecule has 2 rings (SSSR count). The van der Waals surface area contributed by atoms with Crippen molar-refractivity contribution in [3.63, 3.8) is 0 Å². The summed E-state index contributed by atoms with van der Waals surface area (Å²) in [4.78, 5) is 19.1. The zero-order valence-electron chi connectivity index (χ0n) is 14.5. The number of hydrogen-bond acceptors (Lipinski definition) is 3. The molecule has 1 aromatic rings. The molecule has 1 aliphatic heterocycles. The fourth-order valence-electron chi connectivity index (χ4n) is 3.33. The van der Waals surface area contributed by atoms with Crippen LogP contribution >= 0.6 is 0 Å². The van der Waals surface area contributed by atoms with Crippen LogP contribution in [0.3, 0.4) is 0 Å². The standard InChI is InChI=1S/C18H29N3O/c1-13-9-14(2)11-21(10-13)18(4,5)12-19-17(22)16-8-6-7-15(3)20-16/h6-8,13-14H,9-12H2,1-5H3,(H,19,22). The van der Waals surface area contributed by atoms with E-state index < -0.39 is 0 Å². The quantitative estimate of drug-likeness (QED) is 0.930. The molecule has 22 heavy (non-hydrogen) atoms. The lowest BCUT2D eigenvalue weighted by atomic mass is 9.88. The van der Waals surface area contributed by atoms with E-state index in [1.807, 2.05) is 19.1 Å². The summed E-state index contributed by atoms with van der Waals surface area (Å²) in [5, 5.41) is 3.05. The van der Waals surface area contributed by atoms with Crippen LogP contribution in [-0.4, -0.2) is 41.0 Å². The van der Waals surface area contributed by atoms with Gasteiger partial charge in [-0.3, -0.25) is 9.69 Å². The highest BCUT2D eigenvalue weighted by Crippen LogP contribution is 2.26. The molecule has 1 fully saturated rings. The van der Waals surface area contributed by atoms with Crippen LogP contribution in [-0.2, 0) is 0 Å². The summed E-state index contributed by atoms with van der Waals surface area (Å²) in [7, 11) is 0. The molecule has 4 nitrogen and oxygen atoms in total. The van der Waals surface area contributed by atoms with E-state index in [-0.39, 0.29) is 11.4 Å². The van der Waals surface area contributed by atoms with Gasteiger partial charge in [-0.1, -0.05) is 19.9 Å². The predicted molar refractivity (Wildman–Crippen MR) is 89.9 cm³/mol. The largest absolute Gasteiger partial charge is 0.349 e. The van der Waals surface area contributed by atoms with Crippen molar-refractivity contribution in [2.45, 2.75) is 46.6 Å². The van der Waals surface area contributed by atoms with E-state index in [9.17, 15) is 4.79 Å². The molecule has 1 saturated heterocycles. The third-order valence-corrected chi connectivity index (χ3v) is 4.53. The molecule has 4 heteroatoms. The first-order chi connectivity index (χ1) is 10.3. The zero-order chi connectivity index (χ0) is 16.3. The van der Waals surface area contributed by atoms with Crippen molar-refractivity contribution in [3.05, 3.63) is 29.6 Å². The normalized spacial score (nSPS) is 23.3. The number of hydrogen-bond donors (Lipinski definition) is 1. The van der Waals surface area contributed by atoms with E-state index in [1.54, 1.807) is 6.07 Å². The number of nitrogens with one attached hydrogen (secondary N) is 1. The van der Waals surface area contributed by atoms with Crippen LogP contribution in [0.15, 0.2) is 18.2 Å². The summed E-state index contributed by atoms with van der Waals surface area (Å²) in [6, 6.07) is 5.54. The minimum atomic E-state index is -0.0881. The molecule has 2 atom stereocenters. The molecule has 1 amide bonds. The third-order valence-electron chi connectivity index (χ3n) is 4.53. The Hall–Kier alpha value is -1.42. The number of carbonyl (C=O) groups is 1. The van der Waals surface area contributed by atoms with Crippen LogP contribution in [0.1, 0.15) is 50.3 Å².